The lowest BCUT2D eigenvalue weighted by Crippen LogP contribution is -2.60. The highest BCUT2D eigenvalue weighted by molar-refractivity contribution is 9.09. The van der Waals surface area contributed by atoms with Gasteiger partial charge >= 0.3 is 5.97 Å². The number of halogens is 1. The number of nitrogens with one attached hydrogen (secondary N) is 1. The van der Waals surface area contributed by atoms with Gasteiger partial charge in [-0.3, -0.25) is 19.2 Å². The highest BCUT2D eigenvalue weighted by atomic mass is 79.9. The first kappa shape index (κ1) is 34.8. The second kappa shape index (κ2) is 14.2. The zero-order valence-corrected chi connectivity index (χ0v) is 28.4. The molecule has 1 spiro atoms. The third-order valence-corrected chi connectivity index (χ3v) is 10.2. The number of carbonyl (C=O) groups excluding carboxylic acids is 4. The van der Waals surface area contributed by atoms with E-state index in [9.17, 15) is 24.3 Å². The number of aryl methyl sites for hydroxylation is 2. The second-order valence-corrected chi connectivity index (χ2v) is 13.9. The molecule has 0 radical (unpaired) electrons. The van der Waals surface area contributed by atoms with Gasteiger partial charge in [0.25, 0.3) is 5.91 Å². The van der Waals surface area contributed by atoms with Crippen molar-refractivity contribution in [3.8, 4) is 0 Å². The van der Waals surface area contributed by atoms with Crippen LogP contribution in [0.1, 0.15) is 51.2 Å². The monoisotopic (exact) mass is 687 g/mol. The van der Waals surface area contributed by atoms with Crippen LogP contribution in [0.3, 0.4) is 0 Å². The molecule has 3 fully saturated rings. The summed E-state index contributed by atoms with van der Waals surface area (Å²) >= 11 is 3.69. The van der Waals surface area contributed by atoms with Crippen LogP contribution in [-0.2, 0) is 28.7 Å². The predicted molar refractivity (Wildman–Crippen MR) is 175 cm³/mol. The summed E-state index contributed by atoms with van der Waals surface area (Å²) in [4.78, 5) is 58.1. The van der Waals surface area contributed by atoms with E-state index in [4.69, 9.17) is 9.47 Å². The lowest BCUT2D eigenvalue weighted by atomic mass is 9.70. The number of anilines is 1. The van der Waals surface area contributed by atoms with Gasteiger partial charge in [-0.05, 0) is 50.7 Å². The third kappa shape index (κ3) is 6.36. The van der Waals surface area contributed by atoms with Crippen molar-refractivity contribution in [2.75, 3.05) is 24.6 Å². The Bertz CT molecular complexity index is 1310. The number of allylic oxidation sites excluding steroid dienone is 1. The van der Waals surface area contributed by atoms with Gasteiger partial charge in [-0.25, -0.2) is 0 Å². The van der Waals surface area contributed by atoms with E-state index in [1.54, 1.807) is 24.0 Å². The first-order valence-corrected chi connectivity index (χ1v) is 16.6. The molecule has 2 N–H and O–H groups in total. The minimum Gasteiger partial charge on any atom is -0.460 e. The number of esters is 1. The van der Waals surface area contributed by atoms with Crippen molar-refractivity contribution >= 4 is 45.3 Å². The third-order valence-electron chi connectivity index (χ3n) is 9.31. The molecule has 45 heavy (non-hydrogen) atoms. The molecule has 0 aromatic heterocycles. The molecular weight excluding hydrogens is 642 g/mol. The van der Waals surface area contributed by atoms with Crippen molar-refractivity contribution in [3.05, 3.63) is 54.6 Å². The fraction of sp³-hybridized carbons (Fsp3) is 0.588. The van der Waals surface area contributed by atoms with Crippen LogP contribution in [-0.4, -0.2) is 88.1 Å². The molecule has 3 aliphatic heterocycles. The van der Waals surface area contributed by atoms with Gasteiger partial charge in [-0.1, -0.05) is 60.1 Å². The number of fused-ring (bicyclic) bond motifs is 1. The smallest absolute Gasteiger partial charge is 0.312 e. The van der Waals surface area contributed by atoms with Crippen LogP contribution in [0, 0.1) is 31.6 Å². The van der Waals surface area contributed by atoms with Gasteiger partial charge in [0, 0.05) is 23.5 Å². The number of para-hydroxylation sites is 1. The summed E-state index contributed by atoms with van der Waals surface area (Å²) in [5.41, 5.74) is 1.18. The molecule has 246 valence electrons. The maximum Gasteiger partial charge on any atom is 0.312 e. The molecule has 3 aliphatic rings. The van der Waals surface area contributed by atoms with Gasteiger partial charge < -0.3 is 29.7 Å². The van der Waals surface area contributed by atoms with Gasteiger partial charge in [-0.2, -0.15) is 0 Å². The van der Waals surface area contributed by atoms with Crippen LogP contribution in [0.5, 0.6) is 0 Å². The van der Waals surface area contributed by atoms with Gasteiger partial charge in [-0.15, -0.1) is 13.2 Å². The van der Waals surface area contributed by atoms with E-state index in [1.807, 2.05) is 45.9 Å². The molecule has 0 saturated carbocycles. The largest absolute Gasteiger partial charge is 0.460 e. The first-order valence-electron chi connectivity index (χ1n) is 15.7. The fourth-order valence-corrected chi connectivity index (χ4v) is 8.23. The molecule has 3 heterocycles. The Morgan fingerprint density at radius 2 is 1.89 bits per heavy atom. The van der Waals surface area contributed by atoms with Crippen molar-refractivity contribution in [3.63, 3.8) is 0 Å². The molecule has 2 bridgehead atoms. The SMILES string of the molecule is C=CCCC(=O)NC[C@@H](C)OC(=O)[C@@H]1[C@H]2O[C@@]3(CC2Br)[C@H](C(=O)N(CC=C)c2c(C)cccc2C)N([C@@H](CO)C(C)C)C(=O)[C@@H]13. The number of hydrogen-bond acceptors (Lipinski definition) is 7. The molecule has 8 atom stereocenters. The molecule has 1 aromatic rings. The molecule has 1 unspecified atom stereocenters. The molecule has 1 aromatic carbocycles. The fourth-order valence-electron chi connectivity index (χ4n) is 7.29. The number of hydrogen-bond donors (Lipinski definition) is 2. The maximum absolute atomic E-state index is 14.9. The number of carbonyl (C=O) groups is 4. The Morgan fingerprint density at radius 1 is 1.22 bits per heavy atom. The van der Waals surface area contributed by atoms with E-state index < -0.39 is 53.6 Å². The van der Waals surface area contributed by atoms with Crippen LogP contribution >= 0.6 is 15.9 Å². The van der Waals surface area contributed by atoms with E-state index in [2.05, 4.69) is 34.4 Å². The van der Waals surface area contributed by atoms with Crippen molar-refractivity contribution in [2.45, 2.75) is 88.6 Å². The summed E-state index contributed by atoms with van der Waals surface area (Å²) < 4.78 is 12.4. The predicted octanol–water partition coefficient (Wildman–Crippen LogP) is 3.60. The lowest BCUT2D eigenvalue weighted by Gasteiger charge is -2.41. The van der Waals surface area contributed by atoms with Gasteiger partial charge in [0.2, 0.25) is 11.8 Å². The van der Waals surface area contributed by atoms with E-state index in [0.29, 0.717) is 12.8 Å². The first-order chi connectivity index (χ1) is 21.3. The molecule has 10 nitrogen and oxygen atoms in total. The summed E-state index contributed by atoms with van der Waals surface area (Å²) in [6, 6.07) is 3.99. The summed E-state index contributed by atoms with van der Waals surface area (Å²) in [7, 11) is 0. The molecule has 3 saturated heterocycles. The Hall–Kier alpha value is -3.02. The number of alkyl halides is 1. The highest BCUT2D eigenvalue weighted by Gasteiger charge is 2.77. The standard InChI is InChI=1S/C34H46BrN3O7/c1-8-10-14-25(40)36-17-22(7)44-33(43)26-27-31(41)38(24(18-39)19(3)4)30(34(27)16-23(35)29(26)45-34)32(42)37(15-9-2)28-20(5)12-11-13-21(28)6/h8-9,11-13,19,22-24,26-27,29-30,39H,1-2,10,14-18H2,3-7H3,(H,36,40)/t22-,23?,24+,26+,27-,29+,30+,34-/m1/s1. The van der Waals surface area contributed by atoms with E-state index in [-0.39, 0.29) is 48.7 Å². The average molecular weight is 689 g/mol. The topological polar surface area (TPSA) is 125 Å². The van der Waals surface area contributed by atoms with Crippen LogP contribution in [0.4, 0.5) is 5.69 Å². The van der Waals surface area contributed by atoms with E-state index in [1.165, 1.54) is 4.90 Å². The molecular formula is C34H46BrN3O7. The number of amides is 3. The summed E-state index contributed by atoms with van der Waals surface area (Å²) in [5, 5.41) is 13.3. The molecule has 0 aliphatic carbocycles. The Kier molecular flexibility index (Phi) is 11.0. The highest BCUT2D eigenvalue weighted by Crippen LogP contribution is 2.61. The van der Waals surface area contributed by atoms with Crippen LogP contribution < -0.4 is 10.2 Å². The second-order valence-electron chi connectivity index (χ2n) is 12.8. The minimum absolute atomic E-state index is 0.112. The van der Waals surface area contributed by atoms with Crippen molar-refractivity contribution < 1.29 is 33.8 Å². The molecule has 11 heteroatoms. The summed E-state index contributed by atoms with van der Waals surface area (Å²) in [6.07, 6.45) is 3.09. The average Bonchev–Trinajstić information content (AvgIpc) is 3.57. The number of likely N-dealkylation sites (tertiary alicyclic amines) is 1. The van der Waals surface area contributed by atoms with Gasteiger partial charge in [0.1, 0.15) is 17.7 Å². The van der Waals surface area contributed by atoms with Crippen LogP contribution in [0.2, 0.25) is 0 Å². The Balaban J connectivity index is 1.72. The quantitative estimate of drug-likeness (QED) is 0.174. The minimum atomic E-state index is -1.32. The Morgan fingerprint density at radius 3 is 2.47 bits per heavy atom. The normalized spacial score (nSPS) is 28.0. The molecule has 4 rings (SSSR count). The van der Waals surface area contributed by atoms with E-state index >= 15 is 0 Å². The number of ether oxygens (including phenoxy) is 2. The zero-order valence-electron chi connectivity index (χ0n) is 26.8. The van der Waals surface area contributed by atoms with Crippen molar-refractivity contribution in [2.24, 2.45) is 17.8 Å². The van der Waals surface area contributed by atoms with Crippen molar-refractivity contribution in [1.29, 1.82) is 0 Å². The number of aliphatic hydroxyl groups excluding tert-OH is 1. The zero-order chi connectivity index (χ0) is 33.2. The maximum atomic E-state index is 14.9. The molecule has 3 amide bonds. The number of aliphatic hydroxyl groups is 1. The lowest BCUT2D eigenvalue weighted by molar-refractivity contribution is -0.159. The summed E-state index contributed by atoms with van der Waals surface area (Å²) in [6.45, 7) is 16.8. The van der Waals surface area contributed by atoms with Crippen LogP contribution in [0.25, 0.3) is 0 Å². The van der Waals surface area contributed by atoms with E-state index in [0.717, 1.165) is 16.8 Å². The number of nitrogens with zero attached hydrogens (tertiary/aromatic N) is 2. The number of benzene rings is 1. The van der Waals surface area contributed by atoms with Gasteiger partial charge in [0.15, 0.2) is 0 Å². The van der Waals surface area contributed by atoms with Crippen LogP contribution in [0.15, 0.2) is 43.5 Å². The summed E-state index contributed by atoms with van der Waals surface area (Å²) in [5.74, 6) is -3.71. The van der Waals surface area contributed by atoms with Crippen molar-refractivity contribution in [1.82, 2.24) is 10.2 Å². The van der Waals surface area contributed by atoms with Gasteiger partial charge in [0.05, 0.1) is 37.1 Å². The number of rotatable bonds is 14. The Labute approximate surface area is 274 Å².